The van der Waals surface area contributed by atoms with E-state index in [0.29, 0.717) is 11.4 Å². The molecule has 0 saturated carbocycles. The van der Waals surface area contributed by atoms with Gasteiger partial charge in [0.1, 0.15) is 5.82 Å². The largest absolute Gasteiger partial charge is 0.393 e. The summed E-state index contributed by atoms with van der Waals surface area (Å²) in [5.74, 6) is 0.906. The van der Waals surface area contributed by atoms with Crippen LogP contribution in [0.3, 0.4) is 0 Å². The number of para-hydroxylation sites is 1. The molecule has 0 saturated heterocycles. The second kappa shape index (κ2) is 7.31. The van der Waals surface area contributed by atoms with E-state index in [2.05, 4.69) is 33.3 Å². The zero-order valence-corrected chi connectivity index (χ0v) is 13.1. The molecule has 1 heterocycles. The predicted octanol–water partition coefficient (Wildman–Crippen LogP) is 3.30. The van der Waals surface area contributed by atoms with Gasteiger partial charge in [-0.2, -0.15) is 4.37 Å². The molecule has 0 radical (unpaired) electrons. The van der Waals surface area contributed by atoms with Crippen molar-refractivity contribution in [3.05, 3.63) is 36.2 Å². The molecule has 0 aliphatic carbocycles. The van der Waals surface area contributed by atoms with E-state index in [4.69, 9.17) is 18.0 Å². The maximum absolute atomic E-state index is 5.62. The van der Waals surface area contributed by atoms with E-state index in [-0.39, 0.29) is 0 Å². The van der Waals surface area contributed by atoms with E-state index in [9.17, 15) is 0 Å². The topological polar surface area (TPSA) is 55.0 Å². The number of nitrogens with zero attached hydrogens (tertiary/aromatic N) is 3. The summed E-state index contributed by atoms with van der Waals surface area (Å²) in [4.78, 5) is 7.24. The van der Waals surface area contributed by atoms with Crippen molar-refractivity contribution in [2.45, 2.75) is 26.2 Å². The molecule has 0 fully saturated rings. The highest BCUT2D eigenvalue weighted by atomic mass is 32.1. The van der Waals surface area contributed by atoms with Crippen LogP contribution in [0.2, 0.25) is 0 Å². The summed E-state index contributed by atoms with van der Waals surface area (Å²) in [6, 6.07) is 10.1. The van der Waals surface area contributed by atoms with Gasteiger partial charge in [-0.15, -0.1) is 0 Å². The highest BCUT2D eigenvalue weighted by molar-refractivity contribution is 7.80. The number of thiocarbonyl (C=S) groups is 1. The predicted molar refractivity (Wildman–Crippen MR) is 88.8 cm³/mol. The second-order valence-electron chi connectivity index (χ2n) is 4.45. The van der Waals surface area contributed by atoms with Gasteiger partial charge in [0.15, 0.2) is 0 Å². The smallest absolute Gasteiger partial charge is 0.209 e. The van der Waals surface area contributed by atoms with Crippen LogP contribution in [-0.4, -0.2) is 20.9 Å². The van der Waals surface area contributed by atoms with Crippen LogP contribution in [0.1, 0.15) is 25.6 Å². The van der Waals surface area contributed by atoms with E-state index in [1.807, 2.05) is 18.2 Å². The van der Waals surface area contributed by atoms with Crippen LogP contribution in [0.5, 0.6) is 0 Å². The molecule has 0 bridgehead atoms. The molecule has 4 nitrogen and oxygen atoms in total. The third-order valence-corrected chi connectivity index (χ3v) is 3.79. The highest BCUT2D eigenvalue weighted by Crippen LogP contribution is 2.27. The number of anilines is 2. The van der Waals surface area contributed by atoms with Crippen LogP contribution in [0.15, 0.2) is 30.3 Å². The summed E-state index contributed by atoms with van der Waals surface area (Å²) in [7, 11) is 0. The first-order chi connectivity index (χ1) is 9.70. The van der Waals surface area contributed by atoms with Crippen LogP contribution in [0.4, 0.5) is 10.8 Å². The molecular weight excluding hydrogens is 288 g/mol. The molecule has 0 unspecified atom stereocenters. The lowest BCUT2D eigenvalue weighted by Crippen LogP contribution is -2.23. The van der Waals surface area contributed by atoms with E-state index in [1.54, 1.807) is 0 Å². The summed E-state index contributed by atoms with van der Waals surface area (Å²) in [6.45, 7) is 2.85. The first-order valence-corrected chi connectivity index (χ1v) is 7.82. The monoisotopic (exact) mass is 306 g/mol. The zero-order chi connectivity index (χ0) is 14.4. The van der Waals surface area contributed by atoms with Crippen molar-refractivity contribution in [3.8, 4) is 0 Å². The Hall–Kier alpha value is -1.53. The number of aryl methyl sites for hydroxylation is 1. The minimum atomic E-state index is 0.518. The molecule has 106 valence electrons. The van der Waals surface area contributed by atoms with Crippen molar-refractivity contribution in [2.75, 3.05) is 11.4 Å². The van der Waals surface area contributed by atoms with Crippen LogP contribution < -0.4 is 10.6 Å². The van der Waals surface area contributed by atoms with Crippen molar-refractivity contribution in [2.24, 2.45) is 5.73 Å². The molecule has 2 N–H and O–H groups in total. The fourth-order valence-electron chi connectivity index (χ4n) is 1.84. The lowest BCUT2D eigenvalue weighted by molar-refractivity contribution is 0.854. The SMILES string of the molecule is CCCc1nsc(N(CCC(N)=S)c2ccccc2)n1. The Labute approximate surface area is 128 Å². The van der Waals surface area contributed by atoms with Gasteiger partial charge in [0.25, 0.3) is 0 Å². The van der Waals surface area contributed by atoms with Crippen molar-refractivity contribution in [3.63, 3.8) is 0 Å². The van der Waals surface area contributed by atoms with Crippen molar-refractivity contribution >= 4 is 39.6 Å². The van der Waals surface area contributed by atoms with E-state index in [0.717, 1.165) is 36.0 Å². The summed E-state index contributed by atoms with van der Waals surface area (Å²) in [5.41, 5.74) is 6.71. The fraction of sp³-hybridized carbons (Fsp3) is 0.357. The van der Waals surface area contributed by atoms with E-state index < -0.39 is 0 Å². The normalized spacial score (nSPS) is 10.4. The van der Waals surface area contributed by atoms with Gasteiger partial charge in [-0.3, -0.25) is 0 Å². The van der Waals surface area contributed by atoms with Crippen LogP contribution >= 0.6 is 23.8 Å². The molecule has 1 aromatic heterocycles. The van der Waals surface area contributed by atoms with Crippen molar-refractivity contribution in [1.29, 1.82) is 0 Å². The van der Waals surface area contributed by atoms with Gasteiger partial charge in [0, 0.05) is 36.6 Å². The van der Waals surface area contributed by atoms with Gasteiger partial charge in [-0.05, 0) is 18.6 Å². The first-order valence-electron chi connectivity index (χ1n) is 6.64. The van der Waals surface area contributed by atoms with Crippen LogP contribution in [0.25, 0.3) is 0 Å². The van der Waals surface area contributed by atoms with Gasteiger partial charge >= 0.3 is 0 Å². The minimum absolute atomic E-state index is 0.518. The third kappa shape index (κ3) is 3.98. The fourth-order valence-corrected chi connectivity index (χ4v) is 2.70. The lowest BCUT2D eigenvalue weighted by atomic mass is 10.3. The Morgan fingerprint density at radius 3 is 2.75 bits per heavy atom. The molecule has 1 aromatic carbocycles. The number of benzene rings is 1. The second-order valence-corrected chi connectivity index (χ2v) is 5.70. The average Bonchev–Trinajstić information content (AvgIpc) is 2.89. The Kier molecular flexibility index (Phi) is 5.43. The summed E-state index contributed by atoms with van der Waals surface area (Å²) in [5, 5.41) is 0.899. The number of hydrogen-bond donors (Lipinski definition) is 1. The number of aromatic nitrogens is 2. The molecule has 0 aliphatic heterocycles. The average molecular weight is 306 g/mol. The van der Waals surface area contributed by atoms with E-state index >= 15 is 0 Å². The summed E-state index contributed by atoms with van der Waals surface area (Å²) in [6.07, 6.45) is 2.62. The van der Waals surface area contributed by atoms with E-state index in [1.165, 1.54) is 11.5 Å². The quantitative estimate of drug-likeness (QED) is 0.795. The molecule has 6 heteroatoms. The van der Waals surface area contributed by atoms with Gasteiger partial charge in [-0.1, -0.05) is 37.3 Å². The highest BCUT2D eigenvalue weighted by Gasteiger charge is 2.14. The maximum Gasteiger partial charge on any atom is 0.209 e. The van der Waals surface area contributed by atoms with Gasteiger partial charge < -0.3 is 10.6 Å². The summed E-state index contributed by atoms with van der Waals surface area (Å²) < 4.78 is 4.40. The number of nitrogens with two attached hydrogens (primary N) is 1. The van der Waals surface area contributed by atoms with Gasteiger partial charge in [0.2, 0.25) is 5.13 Å². The van der Waals surface area contributed by atoms with Crippen molar-refractivity contribution < 1.29 is 0 Å². The standard InChI is InChI=1S/C14H18N4S2/c1-2-6-13-16-14(20-17-13)18(10-9-12(15)19)11-7-4-3-5-8-11/h3-5,7-8H,2,6,9-10H2,1H3,(H2,15,19). The Morgan fingerprint density at radius 1 is 1.35 bits per heavy atom. The minimum Gasteiger partial charge on any atom is -0.393 e. The first kappa shape index (κ1) is 14.9. The van der Waals surface area contributed by atoms with Crippen LogP contribution in [0, 0.1) is 0 Å². The molecule has 0 spiro atoms. The Balaban J connectivity index is 2.23. The molecule has 0 aliphatic rings. The lowest BCUT2D eigenvalue weighted by Gasteiger charge is -2.21. The zero-order valence-electron chi connectivity index (χ0n) is 11.5. The third-order valence-electron chi connectivity index (χ3n) is 2.81. The maximum atomic E-state index is 5.62. The molecule has 2 aromatic rings. The molecular formula is C14H18N4S2. The molecule has 20 heavy (non-hydrogen) atoms. The summed E-state index contributed by atoms with van der Waals surface area (Å²) >= 11 is 6.40. The molecule has 0 atom stereocenters. The molecule has 2 rings (SSSR count). The van der Waals surface area contributed by atoms with Gasteiger partial charge in [0.05, 0.1) is 4.99 Å². The van der Waals surface area contributed by atoms with Gasteiger partial charge in [-0.25, -0.2) is 4.98 Å². The van der Waals surface area contributed by atoms with Crippen LogP contribution in [-0.2, 0) is 6.42 Å². The number of hydrogen-bond acceptors (Lipinski definition) is 5. The molecule has 0 amide bonds. The number of rotatable bonds is 7. The van der Waals surface area contributed by atoms with Crippen molar-refractivity contribution in [1.82, 2.24) is 9.36 Å². The Morgan fingerprint density at radius 2 is 2.10 bits per heavy atom. The Bertz CT molecular complexity index is 553.